The molecule has 0 atom stereocenters. The van der Waals surface area contributed by atoms with Crippen molar-refractivity contribution in [1.82, 2.24) is 4.90 Å². The third kappa shape index (κ3) is 8.39. The van der Waals surface area contributed by atoms with Crippen molar-refractivity contribution in [3.8, 4) is 0 Å². The molecule has 0 aliphatic rings. The lowest BCUT2D eigenvalue weighted by Gasteiger charge is -2.19. The molecule has 0 saturated carbocycles. The molecule has 4 nitrogen and oxygen atoms in total. The minimum absolute atomic E-state index is 0.129. The molecule has 0 N–H and O–H groups in total. The molecule has 0 aromatic heterocycles. The van der Waals surface area contributed by atoms with Crippen LogP contribution in [0.3, 0.4) is 0 Å². The molecule has 0 aromatic rings. The topological polar surface area (TPSA) is 38.8 Å². The van der Waals surface area contributed by atoms with Crippen molar-refractivity contribution in [3.05, 3.63) is 0 Å². The highest BCUT2D eigenvalue weighted by Crippen LogP contribution is 1.96. The highest BCUT2D eigenvalue weighted by atomic mass is 16.5. The van der Waals surface area contributed by atoms with Crippen LogP contribution in [0.1, 0.15) is 26.7 Å². The molecule has 0 amide bonds. The molecule has 90 valence electrons. The first-order valence-electron chi connectivity index (χ1n) is 5.61. The molecule has 0 rings (SSSR count). The summed E-state index contributed by atoms with van der Waals surface area (Å²) in [5.74, 6) is -0.129. The minimum Gasteiger partial charge on any atom is -0.469 e. The average molecular weight is 217 g/mol. The Labute approximate surface area is 92.5 Å². The number of esters is 1. The van der Waals surface area contributed by atoms with Crippen molar-refractivity contribution in [2.75, 3.05) is 40.0 Å². The zero-order valence-electron chi connectivity index (χ0n) is 10.1. The quantitative estimate of drug-likeness (QED) is 0.431. The summed E-state index contributed by atoms with van der Waals surface area (Å²) in [4.78, 5) is 13.2. The molecule has 0 spiro atoms. The normalized spacial score (nSPS) is 10.7. The fourth-order valence-electron chi connectivity index (χ4n) is 1.32. The summed E-state index contributed by atoms with van der Waals surface area (Å²) in [5.41, 5.74) is 0. The van der Waals surface area contributed by atoms with Gasteiger partial charge in [-0.3, -0.25) is 4.79 Å². The van der Waals surface area contributed by atoms with E-state index in [1.54, 1.807) is 0 Å². The highest BCUT2D eigenvalue weighted by Gasteiger charge is 2.04. The monoisotopic (exact) mass is 217 g/mol. The van der Waals surface area contributed by atoms with E-state index < -0.39 is 0 Å². The fraction of sp³-hybridized carbons (Fsp3) is 0.909. The van der Waals surface area contributed by atoms with Gasteiger partial charge in [-0.15, -0.1) is 0 Å². The van der Waals surface area contributed by atoms with Gasteiger partial charge in [0.05, 0.1) is 13.7 Å². The van der Waals surface area contributed by atoms with Crippen molar-refractivity contribution in [1.29, 1.82) is 0 Å². The standard InChI is InChI=1S/C11H23NO3/c1-4-12(9-10-15-5-2)8-6-7-11(13)14-3/h4-10H2,1-3H3. The maximum atomic E-state index is 10.9. The average Bonchev–Trinajstić information content (AvgIpc) is 2.26. The van der Waals surface area contributed by atoms with Crippen molar-refractivity contribution < 1.29 is 14.3 Å². The van der Waals surface area contributed by atoms with Gasteiger partial charge in [0.15, 0.2) is 0 Å². The lowest BCUT2D eigenvalue weighted by Crippen LogP contribution is -2.28. The number of methoxy groups -OCH3 is 1. The van der Waals surface area contributed by atoms with Crippen LogP contribution < -0.4 is 0 Å². The SMILES string of the molecule is CCOCCN(CC)CCCC(=O)OC. The second-order valence-electron chi connectivity index (χ2n) is 3.31. The molecule has 0 bridgehead atoms. The van der Waals surface area contributed by atoms with Gasteiger partial charge in [0.25, 0.3) is 0 Å². The molecule has 0 aliphatic heterocycles. The lowest BCUT2D eigenvalue weighted by atomic mass is 10.3. The Morgan fingerprint density at radius 3 is 2.53 bits per heavy atom. The molecular weight excluding hydrogens is 194 g/mol. The zero-order valence-corrected chi connectivity index (χ0v) is 10.1. The van der Waals surface area contributed by atoms with Gasteiger partial charge in [0.1, 0.15) is 0 Å². The first-order valence-corrected chi connectivity index (χ1v) is 5.61. The van der Waals surface area contributed by atoms with Crippen LogP contribution in [0.25, 0.3) is 0 Å². The van der Waals surface area contributed by atoms with E-state index in [0.29, 0.717) is 6.42 Å². The predicted molar refractivity (Wildman–Crippen MR) is 59.9 cm³/mol. The molecule has 0 heterocycles. The maximum Gasteiger partial charge on any atom is 0.305 e. The van der Waals surface area contributed by atoms with Crippen molar-refractivity contribution >= 4 is 5.97 Å². The van der Waals surface area contributed by atoms with Crippen molar-refractivity contribution in [2.45, 2.75) is 26.7 Å². The molecular formula is C11H23NO3. The first-order chi connectivity index (χ1) is 7.24. The number of carbonyl (C=O) groups excluding carboxylic acids is 1. The van der Waals surface area contributed by atoms with Crippen molar-refractivity contribution in [3.63, 3.8) is 0 Å². The second-order valence-corrected chi connectivity index (χ2v) is 3.31. The van der Waals surface area contributed by atoms with Gasteiger partial charge in [-0.05, 0) is 26.4 Å². The lowest BCUT2D eigenvalue weighted by molar-refractivity contribution is -0.140. The highest BCUT2D eigenvalue weighted by molar-refractivity contribution is 5.69. The summed E-state index contributed by atoms with van der Waals surface area (Å²) in [6, 6.07) is 0. The smallest absolute Gasteiger partial charge is 0.305 e. The summed E-state index contributed by atoms with van der Waals surface area (Å²) in [6.45, 7) is 8.50. The van der Waals surface area contributed by atoms with Crippen LogP contribution in [-0.4, -0.2) is 50.8 Å². The number of rotatable bonds is 9. The number of ether oxygens (including phenoxy) is 2. The molecule has 0 fully saturated rings. The molecule has 0 aromatic carbocycles. The van der Waals surface area contributed by atoms with E-state index in [0.717, 1.165) is 39.3 Å². The largest absolute Gasteiger partial charge is 0.469 e. The summed E-state index contributed by atoms with van der Waals surface area (Å²) in [5, 5.41) is 0. The van der Waals surface area contributed by atoms with Gasteiger partial charge in [0.2, 0.25) is 0 Å². The number of hydrogen-bond acceptors (Lipinski definition) is 4. The maximum absolute atomic E-state index is 10.9. The first kappa shape index (κ1) is 14.4. The summed E-state index contributed by atoms with van der Waals surface area (Å²) in [7, 11) is 1.43. The molecule has 15 heavy (non-hydrogen) atoms. The Morgan fingerprint density at radius 2 is 2.00 bits per heavy atom. The Bertz CT molecular complexity index is 162. The Hall–Kier alpha value is -0.610. The Kier molecular flexibility index (Phi) is 9.52. The number of hydrogen-bond donors (Lipinski definition) is 0. The van der Waals surface area contributed by atoms with E-state index in [4.69, 9.17) is 4.74 Å². The molecule has 0 unspecified atom stereocenters. The summed E-state index contributed by atoms with van der Waals surface area (Å²) in [6.07, 6.45) is 1.36. The van der Waals surface area contributed by atoms with Crippen LogP contribution in [0.2, 0.25) is 0 Å². The fourth-order valence-corrected chi connectivity index (χ4v) is 1.32. The molecule has 0 aliphatic carbocycles. The third-order valence-electron chi connectivity index (χ3n) is 2.29. The van der Waals surface area contributed by atoms with Crippen LogP contribution in [-0.2, 0) is 14.3 Å². The van der Waals surface area contributed by atoms with Gasteiger partial charge in [-0.25, -0.2) is 0 Å². The summed E-state index contributed by atoms with van der Waals surface area (Å²) >= 11 is 0. The number of carbonyl (C=O) groups is 1. The van der Waals surface area contributed by atoms with Gasteiger partial charge in [0, 0.05) is 19.6 Å². The van der Waals surface area contributed by atoms with Gasteiger partial charge < -0.3 is 14.4 Å². The van der Waals surface area contributed by atoms with Crippen LogP contribution in [0, 0.1) is 0 Å². The van der Waals surface area contributed by atoms with E-state index in [-0.39, 0.29) is 5.97 Å². The van der Waals surface area contributed by atoms with E-state index in [1.165, 1.54) is 7.11 Å². The third-order valence-corrected chi connectivity index (χ3v) is 2.29. The Balaban J connectivity index is 3.47. The minimum atomic E-state index is -0.129. The van der Waals surface area contributed by atoms with E-state index in [9.17, 15) is 4.79 Å². The van der Waals surface area contributed by atoms with Crippen LogP contribution >= 0.6 is 0 Å². The number of likely N-dealkylation sites (N-methyl/N-ethyl adjacent to an activating group) is 1. The number of nitrogens with zero attached hydrogens (tertiary/aromatic N) is 1. The zero-order chi connectivity index (χ0) is 11.5. The summed E-state index contributed by atoms with van der Waals surface area (Å²) < 4.78 is 9.86. The predicted octanol–water partition coefficient (Wildman–Crippen LogP) is 1.30. The van der Waals surface area contributed by atoms with Crippen molar-refractivity contribution in [2.24, 2.45) is 0 Å². The molecule has 0 saturated heterocycles. The molecule has 4 heteroatoms. The van der Waals surface area contributed by atoms with Crippen LogP contribution in [0.4, 0.5) is 0 Å². The van der Waals surface area contributed by atoms with Gasteiger partial charge >= 0.3 is 5.97 Å². The van der Waals surface area contributed by atoms with E-state index in [2.05, 4.69) is 16.6 Å². The second kappa shape index (κ2) is 9.93. The molecule has 0 radical (unpaired) electrons. The van der Waals surface area contributed by atoms with Crippen LogP contribution in [0.15, 0.2) is 0 Å². The Morgan fingerprint density at radius 1 is 1.27 bits per heavy atom. The van der Waals surface area contributed by atoms with Gasteiger partial charge in [-0.2, -0.15) is 0 Å². The van der Waals surface area contributed by atoms with E-state index in [1.807, 2.05) is 6.92 Å². The van der Waals surface area contributed by atoms with Crippen LogP contribution in [0.5, 0.6) is 0 Å². The van der Waals surface area contributed by atoms with E-state index >= 15 is 0 Å². The van der Waals surface area contributed by atoms with Gasteiger partial charge in [-0.1, -0.05) is 6.92 Å².